The highest BCUT2D eigenvalue weighted by molar-refractivity contribution is 5.88. The Morgan fingerprint density at radius 2 is 1.97 bits per heavy atom. The first-order valence-electron chi connectivity index (χ1n) is 11.5. The molecule has 0 amide bonds. The zero-order chi connectivity index (χ0) is 23.2. The molecule has 0 saturated carbocycles. The Balaban J connectivity index is 1.63. The summed E-state index contributed by atoms with van der Waals surface area (Å²) in [6.07, 6.45) is 6.55. The van der Waals surface area contributed by atoms with Gasteiger partial charge in [-0.3, -0.25) is 4.90 Å². The molecule has 1 saturated heterocycles. The molecule has 4 rings (SSSR count). The Labute approximate surface area is 194 Å². The van der Waals surface area contributed by atoms with Gasteiger partial charge in [-0.1, -0.05) is 25.5 Å². The van der Waals surface area contributed by atoms with Crippen molar-refractivity contribution in [2.24, 2.45) is 0 Å². The molecule has 173 valence electrons. The largest absolute Gasteiger partial charge is 0.496 e. The maximum atomic E-state index is 9.75. The van der Waals surface area contributed by atoms with Crippen molar-refractivity contribution in [3.05, 3.63) is 47.5 Å². The molecule has 0 unspecified atom stereocenters. The number of fused-ring (bicyclic) bond motifs is 1. The van der Waals surface area contributed by atoms with Crippen LogP contribution in [-0.4, -0.2) is 46.2 Å². The van der Waals surface area contributed by atoms with Gasteiger partial charge in [0.15, 0.2) is 5.65 Å². The lowest BCUT2D eigenvalue weighted by Crippen LogP contribution is -2.29. The third kappa shape index (κ3) is 5.20. The molecule has 0 atom stereocenters. The third-order valence-corrected chi connectivity index (χ3v) is 5.99. The Morgan fingerprint density at radius 1 is 1.15 bits per heavy atom. The number of nitriles is 1. The van der Waals surface area contributed by atoms with Crippen molar-refractivity contribution in [1.82, 2.24) is 19.4 Å². The van der Waals surface area contributed by atoms with E-state index in [1.165, 1.54) is 5.56 Å². The van der Waals surface area contributed by atoms with E-state index in [0.717, 1.165) is 56.6 Å². The fraction of sp³-hybridized carbons (Fsp3) is 0.440. The van der Waals surface area contributed by atoms with Crippen LogP contribution in [0.15, 0.2) is 24.3 Å². The van der Waals surface area contributed by atoms with Gasteiger partial charge in [0.05, 0.1) is 25.6 Å². The second-order valence-corrected chi connectivity index (χ2v) is 8.35. The predicted molar refractivity (Wildman–Crippen MR) is 128 cm³/mol. The number of aromatic nitrogens is 3. The van der Waals surface area contributed by atoms with E-state index in [0.29, 0.717) is 35.7 Å². The van der Waals surface area contributed by atoms with Gasteiger partial charge in [0.25, 0.3) is 0 Å². The smallest absolute Gasteiger partial charge is 0.320 e. The molecule has 8 nitrogen and oxygen atoms in total. The van der Waals surface area contributed by atoms with Crippen molar-refractivity contribution < 1.29 is 9.47 Å². The first kappa shape index (κ1) is 22.9. The number of nitrogens with two attached hydrogens (primary N) is 1. The van der Waals surface area contributed by atoms with Crippen molar-refractivity contribution in [2.45, 2.75) is 45.7 Å². The number of anilines is 1. The van der Waals surface area contributed by atoms with Crippen molar-refractivity contribution >= 4 is 16.9 Å². The highest BCUT2D eigenvalue weighted by Crippen LogP contribution is 2.29. The van der Waals surface area contributed by atoms with E-state index in [4.69, 9.17) is 15.2 Å². The zero-order valence-electron chi connectivity index (χ0n) is 19.4. The summed E-state index contributed by atoms with van der Waals surface area (Å²) < 4.78 is 13.3. The molecule has 3 heterocycles. The van der Waals surface area contributed by atoms with Crippen molar-refractivity contribution in [3.8, 4) is 17.8 Å². The summed E-state index contributed by atoms with van der Waals surface area (Å²) >= 11 is 0. The van der Waals surface area contributed by atoms with Gasteiger partial charge >= 0.3 is 6.01 Å². The summed E-state index contributed by atoms with van der Waals surface area (Å²) in [5.74, 6) is 1.10. The van der Waals surface area contributed by atoms with Gasteiger partial charge in [-0.25, -0.2) is 0 Å². The monoisotopic (exact) mass is 447 g/mol. The molecule has 1 aliphatic rings. The lowest BCUT2D eigenvalue weighted by atomic mass is 10.1. The number of unbranched alkanes of at least 4 members (excludes halogenated alkanes) is 1. The Morgan fingerprint density at radius 3 is 2.70 bits per heavy atom. The van der Waals surface area contributed by atoms with E-state index in [9.17, 15) is 5.26 Å². The molecule has 33 heavy (non-hydrogen) atoms. The molecule has 0 spiro atoms. The number of likely N-dealkylation sites (tertiary alicyclic amines) is 1. The molecule has 0 aliphatic carbocycles. The minimum Gasteiger partial charge on any atom is -0.496 e. The Bertz CT molecular complexity index is 1140. The minimum absolute atomic E-state index is 0.235. The SMILES string of the molecule is CCCCOc1nc(N)c2cc(C#N)n(Cc3ccc(CN4CC[CH]CC4)cc3OC)c2n1. The molecule has 1 aliphatic heterocycles. The van der Waals surface area contributed by atoms with E-state index >= 15 is 0 Å². The first-order chi connectivity index (χ1) is 16.1. The number of ether oxygens (including phenoxy) is 2. The normalized spacial score (nSPS) is 14.3. The predicted octanol–water partition coefficient (Wildman–Crippen LogP) is 3.92. The second kappa shape index (κ2) is 10.5. The molecule has 1 aromatic carbocycles. The van der Waals surface area contributed by atoms with Crippen LogP contribution in [0.2, 0.25) is 0 Å². The van der Waals surface area contributed by atoms with Gasteiger partial charge < -0.3 is 19.8 Å². The molecule has 0 bridgehead atoms. The summed E-state index contributed by atoms with van der Waals surface area (Å²) in [6, 6.07) is 10.5. The molecule has 2 N–H and O–H groups in total. The van der Waals surface area contributed by atoms with Crippen molar-refractivity contribution in [3.63, 3.8) is 0 Å². The number of nitrogens with zero attached hydrogens (tertiary/aromatic N) is 5. The van der Waals surface area contributed by atoms with Crippen LogP contribution in [0.25, 0.3) is 11.0 Å². The first-order valence-corrected chi connectivity index (χ1v) is 11.5. The number of nitrogen functional groups attached to an aromatic ring is 1. The van der Waals surface area contributed by atoms with Crippen LogP contribution >= 0.6 is 0 Å². The summed E-state index contributed by atoms with van der Waals surface area (Å²) in [7, 11) is 1.68. The maximum Gasteiger partial charge on any atom is 0.320 e. The van der Waals surface area contributed by atoms with Gasteiger partial charge in [0.2, 0.25) is 0 Å². The standard InChI is InChI=1S/C25H31N6O2/c1-3-4-12-33-25-28-23(27)21-14-20(15-26)31(24(21)29-25)17-19-9-8-18(13-22(19)32-2)16-30-10-6-5-7-11-30/h5,8-9,13-14H,3-4,6-7,10-12,16-17H2,1-2H3,(H2,27,28,29). The molecule has 3 aromatic rings. The second-order valence-electron chi connectivity index (χ2n) is 8.35. The molecular weight excluding hydrogens is 416 g/mol. The summed E-state index contributed by atoms with van der Waals surface area (Å²) in [6.45, 7) is 6.14. The van der Waals surface area contributed by atoms with E-state index in [2.05, 4.69) is 52.5 Å². The van der Waals surface area contributed by atoms with Gasteiger partial charge in [0, 0.05) is 12.1 Å². The van der Waals surface area contributed by atoms with E-state index < -0.39 is 0 Å². The van der Waals surface area contributed by atoms with Crippen LogP contribution in [-0.2, 0) is 13.1 Å². The number of hydrogen-bond acceptors (Lipinski definition) is 7. The lowest BCUT2D eigenvalue weighted by Gasteiger charge is -2.26. The lowest BCUT2D eigenvalue weighted by molar-refractivity contribution is 0.245. The highest BCUT2D eigenvalue weighted by atomic mass is 16.5. The van der Waals surface area contributed by atoms with Crippen LogP contribution < -0.4 is 15.2 Å². The number of benzene rings is 1. The number of methoxy groups -OCH3 is 1. The quantitative estimate of drug-likeness (QED) is 0.496. The Kier molecular flexibility index (Phi) is 7.30. The van der Waals surface area contributed by atoms with E-state index in [1.807, 2.05) is 4.57 Å². The highest BCUT2D eigenvalue weighted by Gasteiger charge is 2.18. The van der Waals surface area contributed by atoms with Crippen LogP contribution in [0.3, 0.4) is 0 Å². The van der Waals surface area contributed by atoms with Gasteiger partial charge in [-0.05, 0) is 56.5 Å². The molecular formula is C25H31N6O2. The topological polar surface area (TPSA) is 102 Å². The molecule has 1 radical (unpaired) electrons. The third-order valence-electron chi connectivity index (χ3n) is 5.99. The molecule has 1 fully saturated rings. The average Bonchev–Trinajstić information content (AvgIpc) is 3.19. The van der Waals surface area contributed by atoms with Crippen LogP contribution in [0.4, 0.5) is 5.82 Å². The van der Waals surface area contributed by atoms with Gasteiger partial charge in [-0.15, -0.1) is 0 Å². The van der Waals surface area contributed by atoms with Gasteiger partial charge in [-0.2, -0.15) is 15.2 Å². The van der Waals surface area contributed by atoms with Crippen molar-refractivity contribution in [1.29, 1.82) is 5.26 Å². The number of rotatable bonds is 9. The Hall–Kier alpha value is -3.31. The van der Waals surface area contributed by atoms with Crippen LogP contribution in [0, 0.1) is 17.8 Å². The minimum atomic E-state index is 0.235. The average molecular weight is 448 g/mol. The van der Waals surface area contributed by atoms with E-state index in [-0.39, 0.29) is 6.01 Å². The summed E-state index contributed by atoms with van der Waals surface area (Å²) in [4.78, 5) is 11.3. The van der Waals surface area contributed by atoms with Crippen molar-refractivity contribution in [2.75, 3.05) is 32.5 Å². The number of piperidine rings is 1. The fourth-order valence-corrected chi connectivity index (χ4v) is 4.16. The fourth-order valence-electron chi connectivity index (χ4n) is 4.16. The molecule has 8 heteroatoms. The maximum absolute atomic E-state index is 9.75. The van der Waals surface area contributed by atoms with E-state index in [1.54, 1.807) is 13.2 Å². The summed E-state index contributed by atoms with van der Waals surface area (Å²) in [5, 5.41) is 10.4. The van der Waals surface area contributed by atoms with Crippen LogP contribution in [0.1, 0.15) is 49.4 Å². The zero-order valence-corrected chi connectivity index (χ0v) is 19.4. The van der Waals surface area contributed by atoms with Crippen LogP contribution in [0.5, 0.6) is 11.8 Å². The van der Waals surface area contributed by atoms with Gasteiger partial charge in [0.1, 0.15) is 23.3 Å². The summed E-state index contributed by atoms with van der Waals surface area (Å²) in [5.41, 5.74) is 9.40. The molecule has 2 aromatic heterocycles. The number of hydrogen-bond donors (Lipinski definition) is 1.